The fraction of sp³-hybridized carbons (Fsp3) is 0.533. The third-order valence-corrected chi connectivity index (χ3v) is 4.18. The Morgan fingerprint density at radius 3 is 2.38 bits per heavy atom. The molecule has 0 bridgehead atoms. The molecule has 0 saturated carbocycles. The van der Waals surface area contributed by atoms with Gasteiger partial charge in [0.1, 0.15) is 0 Å². The molecule has 1 aromatic carbocycles. The van der Waals surface area contributed by atoms with Gasteiger partial charge in [0.25, 0.3) is 0 Å². The van der Waals surface area contributed by atoms with Crippen LogP contribution in [0.1, 0.15) is 32.1 Å². The number of hydrogen-bond acceptors (Lipinski definition) is 3. The van der Waals surface area contributed by atoms with Crippen molar-refractivity contribution in [3.63, 3.8) is 0 Å². The molecule has 116 valence electrons. The van der Waals surface area contributed by atoms with Crippen LogP contribution < -0.4 is 11.1 Å². The van der Waals surface area contributed by atoms with Crippen LogP contribution in [0.3, 0.4) is 0 Å². The Labute approximate surface area is 135 Å². The van der Waals surface area contributed by atoms with Gasteiger partial charge in [0.2, 0.25) is 5.91 Å². The largest absolute Gasteiger partial charge is 0.397 e. The van der Waals surface area contributed by atoms with Gasteiger partial charge in [-0.15, -0.1) is 0 Å². The molecule has 21 heavy (non-hydrogen) atoms. The molecule has 1 aliphatic heterocycles. The molecule has 4 nitrogen and oxygen atoms in total. The molecular formula is C15H21Cl2N3O. The standard InChI is InChI=1S/C15H21Cl2N3O/c16-11-8-12(17)15(13(18)9-11)19-14(21)10-20-6-4-2-1-3-5-7-20/h8-9H,1-7,10,18H2,(H,19,21). The molecule has 1 amide bonds. The van der Waals surface area contributed by atoms with Crippen molar-refractivity contribution in [2.75, 3.05) is 30.7 Å². The first kappa shape index (κ1) is 16.4. The summed E-state index contributed by atoms with van der Waals surface area (Å²) in [6, 6.07) is 3.16. The van der Waals surface area contributed by atoms with E-state index in [1.807, 2.05) is 0 Å². The molecule has 0 unspecified atom stereocenters. The molecule has 0 aromatic heterocycles. The van der Waals surface area contributed by atoms with Gasteiger partial charge in [0, 0.05) is 5.02 Å². The van der Waals surface area contributed by atoms with Crippen LogP contribution in [0.2, 0.25) is 10.0 Å². The third-order valence-electron chi connectivity index (χ3n) is 3.67. The minimum Gasteiger partial charge on any atom is -0.397 e. The van der Waals surface area contributed by atoms with Crippen molar-refractivity contribution in [2.24, 2.45) is 0 Å². The van der Waals surface area contributed by atoms with Crippen molar-refractivity contribution in [1.29, 1.82) is 0 Å². The summed E-state index contributed by atoms with van der Waals surface area (Å²) in [4.78, 5) is 14.4. The second-order valence-electron chi connectivity index (χ2n) is 5.44. The smallest absolute Gasteiger partial charge is 0.238 e. The molecule has 0 aliphatic carbocycles. The highest BCUT2D eigenvalue weighted by Gasteiger charge is 2.15. The lowest BCUT2D eigenvalue weighted by atomic mass is 10.1. The van der Waals surface area contributed by atoms with E-state index >= 15 is 0 Å². The van der Waals surface area contributed by atoms with E-state index in [0.29, 0.717) is 28.0 Å². The van der Waals surface area contributed by atoms with Gasteiger partial charge in [-0.2, -0.15) is 0 Å². The van der Waals surface area contributed by atoms with Crippen LogP contribution in [0.5, 0.6) is 0 Å². The van der Waals surface area contributed by atoms with E-state index in [1.54, 1.807) is 12.1 Å². The number of likely N-dealkylation sites (tertiary alicyclic amines) is 1. The lowest BCUT2D eigenvalue weighted by molar-refractivity contribution is -0.117. The van der Waals surface area contributed by atoms with Crippen LogP contribution >= 0.6 is 23.2 Å². The second kappa shape index (κ2) is 7.87. The molecule has 0 spiro atoms. The summed E-state index contributed by atoms with van der Waals surface area (Å²) in [6.45, 7) is 2.31. The second-order valence-corrected chi connectivity index (χ2v) is 6.29. The summed E-state index contributed by atoms with van der Waals surface area (Å²) < 4.78 is 0. The molecule has 1 heterocycles. The zero-order chi connectivity index (χ0) is 15.2. The van der Waals surface area contributed by atoms with E-state index < -0.39 is 0 Å². The molecular weight excluding hydrogens is 309 g/mol. The number of carbonyl (C=O) groups excluding carboxylic acids is 1. The van der Waals surface area contributed by atoms with Crippen molar-refractivity contribution in [3.8, 4) is 0 Å². The lowest BCUT2D eigenvalue weighted by Gasteiger charge is -2.24. The predicted molar refractivity (Wildman–Crippen MR) is 89.0 cm³/mol. The minimum atomic E-state index is -0.0912. The highest BCUT2D eigenvalue weighted by atomic mass is 35.5. The summed E-state index contributed by atoms with van der Waals surface area (Å²) in [6.07, 6.45) is 6.09. The molecule has 0 atom stereocenters. The monoisotopic (exact) mass is 329 g/mol. The molecule has 3 N–H and O–H groups in total. The number of carbonyl (C=O) groups is 1. The number of halogens is 2. The zero-order valence-corrected chi connectivity index (χ0v) is 13.5. The molecule has 1 fully saturated rings. The number of nitrogens with one attached hydrogen (secondary N) is 1. The Morgan fingerprint density at radius 1 is 1.14 bits per heavy atom. The topological polar surface area (TPSA) is 58.4 Å². The van der Waals surface area contributed by atoms with Crippen LogP contribution in [0.25, 0.3) is 0 Å². The van der Waals surface area contributed by atoms with Gasteiger partial charge in [-0.3, -0.25) is 9.69 Å². The number of anilines is 2. The quantitative estimate of drug-likeness (QED) is 0.829. The molecule has 1 aliphatic rings. The Hall–Kier alpha value is -0.970. The Balaban J connectivity index is 1.95. The van der Waals surface area contributed by atoms with Gasteiger partial charge in [-0.1, -0.05) is 42.5 Å². The molecule has 2 rings (SSSR count). The first-order valence-corrected chi connectivity index (χ1v) is 8.08. The van der Waals surface area contributed by atoms with Crippen molar-refractivity contribution >= 4 is 40.5 Å². The third kappa shape index (κ3) is 5.06. The van der Waals surface area contributed by atoms with E-state index in [9.17, 15) is 4.79 Å². The normalized spacial score (nSPS) is 17.0. The summed E-state index contributed by atoms with van der Waals surface area (Å²) in [5, 5.41) is 3.61. The average Bonchev–Trinajstić information content (AvgIpc) is 2.37. The Kier molecular flexibility index (Phi) is 6.15. The van der Waals surface area contributed by atoms with Crippen LogP contribution in [0, 0.1) is 0 Å². The SMILES string of the molecule is Nc1cc(Cl)cc(Cl)c1NC(=O)CN1CCCCCCC1. The maximum Gasteiger partial charge on any atom is 0.238 e. The van der Waals surface area contributed by atoms with Gasteiger partial charge >= 0.3 is 0 Å². The summed E-state index contributed by atoms with van der Waals surface area (Å²) in [5.41, 5.74) is 6.68. The van der Waals surface area contributed by atoms with Crippen molar-refractivity contribution in [1.82, 2.24) is 4.90 Å². The summed E-state index contributed by atoms with van der Waals surface area (Å²) in [5.74, 6) is -0.0912. The first-order chi connectivity index (χ1) is 10.1. The zero-order valence-electron chi connectivity index (χ0n) is 12.0. The van der Waals surface area contributed by atoms with Crippen molar-refractivity contribution in [3.05, 3.63) is 22.2 Å². The maximum atomic E-state index is 12.2. The molecule has 0 radical (unpaired) electrons. The fourth-order valence-corrected chi connectivity index (χ4v) is 3.13. The van der Waals surface area contributed by atoms with Gasteiger partial charge in [-0.25, -0.2) is 0 Å². The Bertz CT molecular complexity index is 477. The average molecular weight is 330 g/mol. The van der Waals surface area contributed by atoms with E-state index in [4.69, 9.17) is 28.9 Å². The minimum absolute atomic E-state index is 0.0912. The number of amides is 1. The lowest BCUT2D eigenvalue weighted by Crippen LogP contribution is -2.35. The number of nitrogens with zero attached hydrogens (tertiary/aromatic N) is 1. The van der Waals surface area contributed by atoms with Crippen molar-refractivity contribution in [2.45, 2.75) is 32.1 Å². The first-order valence-electron chi connectivity index (χ1n) is 7.33. The van der Waals surface area contributed by atoms with Gasteiger partial charge < -0.3 is 11.1 Å². The molecule has 6 heteroatoms. The fourth-order valence-electron chi connectivity index (χ4n) is 2.58. The van der Waals surface area contributed by atoms with Crippen LogP contribution in [-0.2, 0) is 4.79 Å². The summed E-state index contributed by atoms with van der Waals surface area (Å²) >= 11 is 11.9. The van der Waals surface area contributed by atoms with Gasteiger partial charge in [-0.05, 0) is 38.1 Å². The van der Waals surface area contributed by atoms with Gasteiger partial charge in [0.05, 0.1) is 22.9 Å². The summed E-state index contributed by atoms with van der Waals surface area (Å²) in [7, 11) is 0. The highest BCUT2D eigenvalue weighted by Crippen LogP contribution is 2.31. The van der Waals surface area contributed by atoms with E-state index in [2.05, 4.69) is 10.2 Å². The number of nitrogens with two attached hydrogens (primary N) is 1. The van der Waals surface area contributed by atoms with Crippen LogP contribution in [-0.4, -0.2) is 30.4 Å². The number of rotatable bonds is 3. The van der Waals surface area contributed by atoms with E-state index in [-0.39, 0.29) is 5.91 Å². The van der Waals surface area contributed by atoms with E-state index in [0.717, 1.165) is 25.9 Å². The van der Waals surface area contributed by atoms with Crippen LogP contribution in [0.15, 0.2) is 12.1 Å². The number of nitrogen functional groups attached to an aromatic ring is 1. The molecule has 1 aromatic rings. The van der Waals surface area contributed by atoms with Gasteiger partial charge in [0.15, 0.2) is 0 Å². The highest BCUT2D eigenvalue weighted by molar-refractivity contribution is 6.37. The number of hydrogen-bond donors (Lipinski definition) is 2. The van der Waals surface area contributed by atoms with Crippen LogP contribution in [0.4, 0.5) is 11.4 Å². The van der Waals surface area contributed by atoms with Crippen molar-refractivity contribution < 1.29 is 4.79 Å². The molecule has 1 saturated heterocycles. The Morgan fingerprint density at radius 2 is 1.76 bits per heavy atom. The number of benzene rings is 1. The maximum absolute atomic E-state index is 12.2. The predicted octanol–water partition coefficient (Wildman–Crippen LogP) is 3.78. The van der Waals surface area contributed by atoms with E-state index in [1.165, 1.54) is 19.3 Å².